The maximum Gasteiger partial charge on any atom is 0.379 e. The van der Waals surface area contributed by atoms with Crippen LogP contribution in [0.4, 0.5) is 0 Å². The van der Waals surface area contributed by atoms with Gasteiger partial charge in [0.25, 0.3) is 5.78 Å². The Morgan fingerprint density at radius 2 is 1.81 bits per heavy atom. The van der Waals surface area contributed by atoms with Crippen molar-refractivity contribution in [3.8, 4) is 0 Å². The van der Waals surface area contributed by atoms with E-state index in [0.29, 0.717) is 12.2 Å². The van der Waals surface area contributed by atoms with Crippen LogP contribution in [0, 0.1) is 0 Å². The highest BCUT2D eigenvalue weighted by atomic mass is 28.4. The van der Waals surface area contributed by atoms with E-state index in [1.165, 1.54) is 0 Å². The molecule has 1 aromatic carbocycles. The van der Waals surface area contributed by atoms with Crippen LogP contribution in [0.2, 0.25) is 18.1 Å². The molecule has 0 aliphatic rings. The Morgan fingerprint density at radius 1 is 1.15 bits per heavy atom. The van der Waals surface area contributed by atoms with Crippen molar-refractivity contribution in [2.75, 3.05) is 13.2 Å². The SMILES string of the molecule is CCOC(=O)C(=O)c1cn(CCCO[Si](C)(C)C(C)(C)C)c2ccccc12. The third-order valence-electron chi connectivity index (χ3n) is 5.31. The molecule has 0 bridgehead atoms. The molecule has 2 rings (SSSR count). The number of Topliss-reactive ketones (excluding diaryl/α,β-unsaturated/α-hetero) is 1. The van der Waals surface area contributed by atoms with Gasteiger partial charge < -0.3 is 13.7 Å². The number of ether oxygens (including phenoxy) is 1. The van der Waals surface area contributed by atoms with E-state index in [4.69, 9.17) is 9.16 Å². The van der Waals surface area contributed by atoms with Crippen molar-refractivity contribution in [1.82, 2.24) is 4.57 Å². The number of esters is 1. The second-order valence-electron chi connectivity index (χ2n) is 8.27. The summed E-state index contributed by atoms with van der Waals surface area (Å²) < 4.78 is 13.1. The van der Waals surface area contributed by atoms with Crippen LogP contribution in [0.15, 0.2) is 30.5 Å². The van der Waals surface area contributed by atoms with Gasteiger partial charge in [0.2, 0.25) is 0 Å². The minimum absolute atomic E-state index is 0.187. The van der Waals surface area contributed by atoms with Gasteiger partial charge in [0.05, 0.1) is 12.2 Å². The molecule has 1 aromatic heterocycles. The molecular weight excluding hydrogens is 358 g/mol. The molecule has 0 N–H and O–H groups in total. The van der Waals surface area contributed by atoms with E-state index in [1.54, 1.807) is 13.1 Å². The first kappa shape index (κ1) is 21.4. The second kappa shape index (κ2) is 8.40. The summed E-state index contributed by atoms with van der Waals surface area (Å²) in [4.78, 5) is 24.3. The average Bonchev–Trinajstić information content (AvgIpc) is 2.96. The number of ketones is 1. The zero-order valence-corrected chi connectivity index (χ0v) is 18.3. The highest BCUT2D eigenvalue weighted by Crippen LogP contribution is 2.36. The number of carbonyl (C=O) groups excluding carboxylic acids is 2. The van der Waals surface area contributed by atoms with Gasteiger partial charge >= 0.3 is 5.97 Å². The number of rotatable bonds is 8. The van der Waals surface area contributed by atoms with Crippen molar-refractivity contribution < 1.29 is 18.8 Å². The lowest BCUT2D eigenvalue weighted by molar-refractivity contribution is -0.137. The van der Waals surface area contributed by atoms with E-state index >= 15 is 0 Å². The number of carbonyl (C=O) groups is 2. The van der Waals surface area contributed by atoms with Crippen molar-refractivity contribution in [3.63, 3.8) is 0 Å². The number of hydrogen-bond donors (Lipinski definition) is 0. The Bertz CT molecular complexity index is 817. The Labute approximate surface area is 162 Å². The number of aromatic nitrogens is 1. The quantitative estimate of drug-likeness (QED) is 0.214. The van der Waals surface area contributed by atoms with E-state index in [1.807, 2.05) is 28.8 Å². The molecule has 0 aliphatic carbocycles. The van der Waals surface area contributed by atoms with Crippen LogP contribution in [-0.4, -0.2) is 37.9 Å². The maximum absolute atomic E-state index is 12.4. The number of hydrogen-bond acceptors (Lipinski definition) is 4. The number of nitrogens with zero attached hydrogens (tertiary/aromatic N) is 1. The highest BCUT2D eigenvalue weighted by Gasteiger charge is 2.36. The van der Waals surface area contributed by atoms with Gasteiger partial charge in [-0.15, -0.1) is 0 Å². The molecule has 2 aromatic rings. The Balaban J connectivity index is 2.13. The largest absolute Gasteiger partial charge is 0.460 e. The second-order valence-corrected chi connectivity index (χ2v) is 13.1. The van der Waals surface area contributed by atoms with Gasteiger partial charge in [-0.2, -0.15) is 0 Å². The van der Waals surface area contributed by atoms with Crippen LogP contribution in [-0.2, 0) is 20.5 Å². The van der Waals surface area contributed by atoms with E-state index < -0.39 is 20.1 Å². The summed E-state index contributed by atoms with van der Waals surface area (Å²) in [6.07, 6.45) is 2.61. The zero-order valence-electron chi connectivity index (χ0n) is 17.3. The molecular formula is C21H31NO4Si. The fourth-order valence-corrected chi connectivity index (χ4v) is 3.79. The third kappa shape index (κ3) is 4.87. The van der Waals surface area contributed by atoms with Crippen LogP contribution in [0.1, 0.15) is 44.5 Å². The minimum Gasteiger partial charge on any atom is -0.460 e. The van der Waals surface area contributed by atoms with Gasteiger partial charge in [0.1, 0.15) is 0 Å². The standard InChI is InChI=1S/C21H31NO4Si/c1-7-25-20(24)19(23)17-15-22(18-12-9-8-11-16(17)18)13-10-14-26-27(5,6)21(2,3)4/h8-9,11-12,15H,7,10,13-14H2,1-6H3. The molecule has 0 fully saturated rings. The molecule has 0 unspecified atom stereocenters. The molecule has 0 atom stereocenters. The lowest BCUT2D eigenvalue weighted by atomic mass is 10.1. The fraction of sp³-hybridized carbons (Fsp3) is 0.524. The van der Waals surface area contributed by atoms with Gasteiger partial charge in [-0.05, 0) is 37.5 Å². The highest BCUT2D eigenvalue weighted by molar-refractivity contribution is 6.74. The van der Waals surface area contributed by atoms with Crippen molar-refractivity contribution in [2.24, 2.45) is 0 Å². The van der Waals surface area contributed by atoms with E-state index in [-0.39, 0.29) is 11.6 Å². The van der Waals surface area contributed by atoms with Crippen LogP contribution < -0.4 is 0 Å². The molecule has 0 aliphatic heterocycles. The molecule has 0 amide bonds. The first-order valence-corrected chi connectivity index (χ1v) is 12.4. The summed E-state index contributed by atoms with van der Waals surface area (Å²) in [5, 5.41) is 0.965. The third-order valence-corrected chi connectivity index (χ3v) is 9.84. The predicted octanol–water partition coefficient (Wildman–Crippen LogP) is 4.80. The van der Waals surface area contributed by atoms with Crippen LogP contribution in [0.3, 0.4) is 0 Å². The molecule has 27 heavy (non-hydrogen) atoms. The Hall–Kier alpha value is -1.92. The fourth-order valence-electron chi connectivity index (χ4n) is 2.70. The lowest BCUT2D eigenvalue weighted by Gasteiger charge is -2.36. The van der Waals surface area contributed by atoms with Crippen LogP contribution in [0.5, 0.6) is 0 Å². The van der Waals surface area contributed by atoms with Gasteiger partial charge in [0, 0.05) is 30.3 Å². The van der Waals surface area contributed by atoms with E-state index in [0.717, 1.165) is 23.9 Å². The van der Waals surface area contributed by atoms with Crippen LogP contribution in [0.25, 0.3) is 10.9 Å². The van der Waals surface area contributed by atoms with Gasteiger partial charge in [-0.25, -0.2) is 4.79 Å². The van der Waals surface area contributed by atoms with Crippen molar-refractivity contribution in [1.29, 1.82) is 0 Å². The molecule has 0 saturated heterocycles. The first-order chi connectivity index (χ1) is 12.6. The zero-order chi connectivity index (χ0) is 20.2. The molecule has 0 radical (unpaired) electrons. The summed E-state index contributed by atoms with van der Waals surface area (Å²) in [6, 6.07) is 7.63. The summed E-state index contributed by atoms with van der Waals surface area (Å²) in [5.74, 6) is -1.40. The summed E-state index contributed by atoms with van der Waals surface area (Å²) in [5.41, 5.74) is 1.34. The molecule has 148 valence electrons. The number of benzene rings is 1. The maximum atomic E-state index is 12.4. The molecule has 6 heteroatoms. The normalized spacial score (nSPS) is 12.4. The summed E-state index contributed by atoms with van der Waals surface area (Å²) >= 11 is 0. The van der Waals surface area contributed by atoms with Gasteiger partial charge in [0.15, 0.2) is 8.32 Å². The van der Waals surface area contributed by atoms with Crippen LogP contribution >= 0.6 is 0 Å². The first-order valence-electron chi connectivity index (χ1n) is 9.52. The van der Waals surface area contributed by atoms with Crippen molar-refractivity contribution >= 4 is 31.0 Å². The number of para-hydroxylation sites is 1. The molecule has 1 heterocycles. The molecule has 0 spiro atoms. The Kier molecular flexibility index (Phi) is 6.65. The summed E-state index contributed by atoms with van der Waals surface area (Å²) in [6.45, 7) is 14.5. The number of aryl methyl sites for hydroxylation is 1. The van der Waals surface area contributed by atoms with Gasteiger partial charge in [-0.1, -0.05) is 39.0 Å². The van der Waals surface area contributed by atoms with Gasteiger partial charge in [-0.3, -0.25) is 4.79 Å². The Morgan fingerprint density at radius 3 is 2.44 bits per heavy atom. The lowest BCUT2D eigenvalue weighted by Crippen LogP contribution is -2.41. The molecule has 5 nitrogen and oxygen atoms in total. The minimum atomic E-state index is -1.76. The average molecular weight is 390 g/mol. The smallest absolute Gasteiger partial charge is 0.379 e. The summed E-state index contributed by atoms with van der Waals surface area (Å²) in [7, 11) is -1.76. The van der Waals surface area contributed by atoms with Crippen molar-refractivity contribution in [3.05, 3.63) is 36.0 Å². The molecule has 0 saturated carbocycles. The van der Waals surface area contributed by atoms with Crippen molar-refractivity contribution in [2.45, 2.75) is 58.8 Å². The monoisotopic (exact) mass is 389 g/mol. The van der Waals surface area contributed by atoms with E-state index in [9.17, 15) is 9.59 Å². The predicted molar refractivity (Wildman–Crippen MR) is 111 cm³/mol. The van der Waals surface area contributed by atoms with E-state index in [2.05, 4.69) is 33.9 Å². The topological polar surface area (TPSA) is 57.5 Å². The number of fused-ring (bicyclic) bond motifs is 1.